The number of anilines is 1. The maximum absolute atomic E-state index is 12.9. The molecule has 0 bridgehead atoms. The average molecular weight is 441 g/mol. The largest absolute Gasteiger partial charge is 0.382 e. The van der Waals surface area contributed by atoms with Gasteiger partial charge in [-0.25, -0.2) is 9.50 Å². The zero-order chi connectivity index (χ0) is 23.5. The molecule has 0 saturated heterocycles. The second-order valence-electron chi connectivity index (χ2n) is 7.48. The number of nitrogen functional groups attached to an aromatic ring is 1. The average Bonchev–Trinajstić information content (AvgIpc) is 3.15. The molecule has 5 rings (SSSR count). The van der Waals surface area contributed by atoms with Gasteiger partial charge in [-0.15, -0.1) is 5.10 Å². The van der Waals surface area contributed by atoms with E-state index in [-0.39, 0.29) is 16.9 Å². The Morgan fingerprint density at radius 3 is 2.42 bits per heavy atom. The quantitative estimate of drug-likeness (QED) is 0.446. The number of aryl methyl sites for hydroxylation is 2. The van der Waals surface area contributed by atoms with Crippen molar-refractivity contribution in [1.82, 2.24) is 19.2 Å². The van der Waals surface area contributed by atoms with Crippen molar-refractivity contribution in [1.29, 1.82) is 0 Å². The van der Waals surface area contributed by atoms with Crippen LogP contribution in [0, 0.1) is 6.92 Å². The van der Waals surface area contributed by atoms with Gasteiger partial charge in [0.2, 0.25) is 0 Å². The first-order valence-electron chi connectivity index (χ1n) is 10.5. The van der Waals surface area contributed by atoms with Gasteiger partial charge in [-0.2, -0.15) is 0 Å². The van der Waals surface area contributed by atoms with Crippen LogP contribution >= 0.6 is 0 Å². The molecule has 0 aliphatic rings. The van der Waals surface area contributed by atoms with Gasteiger partial charge < -0.3 is 11.5 Å². The molecule has 0 spiro atoms. The van der Waals surface area contributed by atoms with Crippen molar-refractivity contribution in [3.63, 3.8) is 0 Å². The van der Waals surface area contributed by atoms with E-state index in [1.165, 1.54) is 4.52 Å². The third-order valence-electron chi connectivity index (χ3n) is 5.32. The number of hydrogen-bond donors (Lipinski definition) is 2. The Balaban J connectivity index is 0.000000172. The van der Waals surface area contributed by atoms with E-state index in [1.54, 1.807) is 29.0 Å². The molecule has 0 radical (unpaired) electrons. The molecular formula is C25H24N6O2. The number of rotatable bonds is 3. The summed E-state index contributed by atoms with van der Waals surface area (Å²) in [6.07, 6.45) is 2.42. The van der Waals surface area contributed by atoms with Crippen molar-refractivity contribution in [3.8, 4) is 5.69 Å². The molecule has 3 heterocycles. The fourth-order valence-electron chi connectivity index (χ4n) is 3.79. The lowest BCUT2D eigenvalue weighted by atomic mass is 10.1. The topological polar surface area (TPSA) is 121 Å². The molecule has 0 fully saturated rings. The highest BCUT2D eigenvalue weighted by Crippen LogP contribution is 2.17. The molecular weight excluding hydrogens is 416 g/mol. The summed E-state index contributed by atoms with van der Waals surface area (Å²) in [4.78, 5) is 28.5. The van der Waals surface area contributed by atoms with Gasteiger partial charge in [-0.1, -0.05) is 43.3 Å². The first-order chi connectivity index (χ1) is 15.9. The Labute approximate surface area is 190 Å². The van der Waals surface area contributed by atoms with Crippen LogP contribution in [-0.2, 0) is 6.42 Å². The number of nitrogens with two attached hydrogens (primary N) is 2. The van der Waals surface area contributed by atoms with Crippen LogP contribution in [0.3, 0.4) is 0 Å². The molecule has 33 heavy (non-hydrogen) atoms. The van der Waals surface area contributed by atoms with E-state index >= 15 is 0 Å². The van der Waals surface area contributed by atoms with Crippen molar-refractivity contribution >= 4 is 28.1 Å². The molecule has 166 valence electrons. The normalized spacial score (nSPS) is 10.7. The van der Waals surface area contributed by atoms with E-state index in [4.69, 9.17) is 11.5 Å². The summed E-state index contributed by atoms with van der Waals surface area (Å²) >= 11 is 0. The van der Waals surface area contributed by atoms with Crippen molar-refractivity contribution in [2.24, 2.45) is 5.73 Å². The smallest absolute Gasteiger partial charge is 0.266 e. The van der Waals surface area contributed by atoms with Crippen LogP contribution in [0.15, 0.2) is 77.7 Å². The van der Waals surface area contributed by atoms with E-state index in [2.05, 4.69) is 10.1 Å². The summed E-state index contributed by atoms with van der Waals surface area (Å²) < 4.78 is 3.24. The fourth-order valence-corrected chi connectivity index (χ4v) is 3.79. The van der Waals surface area contributed by atoms with Crippen LogP contribution in [0.1, 0.15) is 28.7 Å². The zero-order valence-electron chi connectivity index (χ0n) is 18.4. The molecule has 4 N–H and O–H groups in total. The molecule has 5 aromatic rings. The van der Waals surface area contributed by atoms with Crippen LogP contribution in [-0.4, -0.2) is 25.1 Å². The second-order valence-corrected chi connectivity index (χ2v) is 7.48. The van der Waals surface area contributed by atoms with Crippen LogP contribution in [0.5, 0.6) is 0 Å². The number of para-hydroxylation sites is 1. The molecule has 2 aromatic carbocycles. The Hall–Kier alpha value is -4.46. The standard InChI is InChI=1S/C17H16N2O.C8H8N4O/c1-3-15-18-14-11-7-8-12(2)16(14)17(20)19(15)13-9-5-4-6-10-13;9-7-6(8(10)13)5-3-1-2-4-12(5)11-7/h4-11H,3H2,1-2H3;1-4H,(H2,9,11)(H2,10,13). The summed E-state index contributed by atoms with van der Waals surface area (Å²) in [5, 5.41) is 4.63. The molecule has 0 saturated carbocycles. The molecule has 8 nitrogen and oxygen atoms in total. The lowest BCUT2D eigenvalue weighted by Crippen LogP contribution is -2.24. The van der Waals surface area contributed by atoms with Gasteiger partial charge in [-0.05, 0) is 42.8 Å². The molecule has 0 unspecified atom stereocenters. The predicted octanol–water partition coefficient (Wildman–Crippen LogP) is 3.27. The number of primary amides is 1. The summed E-state index contributed by atoms with van der Waals surface area (Å²) in [6, 6.07) is 20.8. The molecule has 0 atom stereocenters. The maximum atomic E-state index is 12.9. The number of aromatic nitrogens is 4. The van der Waals surface area contributed by atoms with Crippen molar-refractivity contribution in [2.75, 3.05) is 5.73 Å². The highest BCUT2D eigenvalue weighted by atomic mass is 16.1. The Morgan fingerprint density at radius 1 is 1.00 bits per heavy atom. The third-order valence-corrected chi connectivity index (χ3v) is 5.32. The van der Waals surface area contributed by atoms with E-state index in [1.807, 2.05) is 62.4 Å². The number of nitrogens with zero attached hydrogens (tertiary/aromatic N) is 4. The highest BCUT2D eigenvalue weighted by Gasteiger charge is 2.14. The molecule has 0 aliphatic carbocycles. The summed E-state index contributed by atoms with van der Waals surface area (Å²) in [5.74, 6) is 0.400. The number of benzene rings is 2. The van der Waals surface area contributed by atoms with Crippen LogP contribution in [0.25, 0.3) is 22.1 Å². The van der Waals surface area contributed by atoms with Crippen molar-refractivity contribution < 1.29 is 4.79 Å². The third kappa shape index (κ3) is 4.06. The Morgan fingerprint density at radius 2 is 1.73 bits per heavy atom. The van der Waals surface area contributed by atoms with Crippen molar-refractivity contribution in [3.05, 3.63) is 100 Å². The SMILES string of the molecule is CCc1nc2cccc(C)c2c(=O)n1-c1ccccc1.NC(=O)c1c(N)nn2ccccc12. The number of fused-ring (bicyclic) bond motifs is 2. The first kappa shape index (κ1) is 21.8. The predicted molar refractivity (Wildman–Crippen MR) is 130 cm³/mol. The van der Waals surface area contributed by atoms with Gasteiger partial charge in [0.1, 0.15) is 11.4 Å². The molecule has 1 amide bonds. The van der Waals surface area contributed by atoms with Gasteiger partial charge in [-0.3, -0.25) is 14.2 Å². The summed E-state index contributed by atoms with van der Waals surface area (Å²) in [6.45, 7) is 3.97. The van der Waals surface area contributed by atoms with E-state index in [0.29, 0.717) is 17.3 Å². The lowest BCUT2D eigenvalue weighted by molar-refractivity contribution is 0.100. The minimum absolute atomic E-state index is 0.0103. The van der Waals surface area contributed by atoms with Crippen molar-refractivity contribution in [2.45, 2.75) is 20.3 Å². The Bertz CT molecular complexity index is 1520. The number of carbonyl (C=O) groups is 1. The number of carbonyl (C=O) groups excluding carboxylic acids is 1. The first-order valence-corrected chi connectivity index (χ1v) is 10.5. The van der Waals surface area contributed by atoms with Crippen LogP contribution < -0.4 is 17.0 Å². The van der Waals surface area contributed by atoms with Crippen LogP contribution in [0.4, 0.5) is 5.82 Å². The fraction of sp³-hybridized carbons (Fsp3) is 0.120. The minimum atomic E-state index is -0.557. The molecule has 0 aliphatic heterocycles. The summed E-state index contributed by atoms with van der Waals surface area (Å²) in [5.41, 5.74) is 14.2. The number of amides is 1. The van der Waals surface area contributed by atoms with Gasteiger partial charge in [0.15, 0.2) is 5.82 Å². The van der Waals surface area contributed by atoms with E-state index in [0.717, 1.165) is 22.6 Å². The highest BCUT2D eigenvalue weighted by molar-refractivity contribution is 6.04. The van der Waals surface area contributed by atoms with Gasteiger partial charge in [0.05, 0.1) is 22.1 Å². The molecule has 8 heteroatoms. The van der Waals surface area contributed by atoms with Gasteiger partial charge in [0.25, 0.3) is 11.5 Å². The lowest BCUT2D eigenvalue weighted by Gasteiger charge is -2.13. The minimum Gasteiger partial charge on any atom is -0.382 e. The summed E-state index contributed by atoms with van der Waals surface area (Å²) in [7, 11) is 0. The Kier molecular flexibility index (Phi) is 5.91. The number of pyridine rings is 1. The monoisotopic (exact) mass is 440 g/mol. The molecule has 3 aromatic heterocycles. The van der Waals surface area contributed by atoms with Gasteiger partial charge in [0, 0.05) is 12.6 Å². The number of hydrogen-bond acceptors (Lipinski definition) is 5. The maximum Gasteiger partial charge on any atom is 0.266 e. The van der Waals surface area contributed by atoms with Gasteiger partial charge >= 0.3 is 0 Å². The van der Waals surface area contributed by atoms with E-state index in [9.17, 15) is 9.59 Å². The second kappa shape index (κ2) is 8.96. The van der Waals surface area contributed by atoms with E-state index < -0.39 is 5.91 Å². The zero-order valence-corrected chi connectivity index (χ0v) is 18.4. The van der Waals surface area contributed by atoms with Crippen LogP contribution in [0.2, 0.25) is 0 Å².